The Kier molecular flexibility index (Phi) is 5.26. The highest BCUT2D eigenvalue weighted by molar-refractivity contribution is 5.87. The van der Waals surface area contributed by atoms with Gasteiger partial charge in [-0.1, -0.05) is 49.1 Å². The van der Waals surface area contributed by atoms with E-state index in [4.69, 9.17) is 4.74 Å². The number of carbonyl (C=O) groups is 1. The van der Waals surface area contributed by atoms with E-state index in [1.807, 2.05) is 23.1 Å². The van der Waals surface area contributed by atoms with Crippen LogP contribution in [0.4, 0.5) is 0 Å². The molecule has 1 atom stereocenters. The second-order valence-electron chi connectivity index (χ2n) is 7.30. The number of ether oxygens (including phenoxy) is 1. The quantitative estimate of drug-likeness (QED) is 0.740. The van der Waals surface area contributed by atoms with Gasteiger partial charge >= 0.3 is 0 Å². The molecule has 0 bridgehead atoms. The molecule has 1 saturated heterocycles. The average Bonchev–Trinajstić information content (AvgIpc) is 2.69. The molecule has 1 aliphatic carbocycles. The van der Waals surface area contributed by atoms with Gasteiger partial charge in [-0.05, 0) is 35.2 Å². The predicted octanol–water partition coefficient (Wildman–Crippen LogP) is 3.24. The zero-order valence-corrected chi connectivity index (χ0v) is 15.6. The number of hydrogen-bond donors (Lipinski definition) is 0. The van der Waals surface area contributed by atoms with Crippen molar-refractivity contribution >= 4 is 5.91 Å². The van der Waals surface area contributed by atoms with E-state index >= 15 is 0 Å². The van der Waals surface area contributed by atoms with Crippen molar-refractivity contribution in [3.05, 3.63) is 77.9 Å². The van der Waals surface area contributed by atoms with E-state index in [-0.39, 0.29) is 5.92 Å². The van der Waals surface area contributed by atoms with Crippen LogP contribution in [0.3, 0.4) is 0 Å². The minimum absolute atomic E-state index is 0.0795. The van der Waals surface area contributed by atoms with E-state index < -0.39 is 0 Å². The van der Waals surface area contributed by atoms with Gasteiger partial charge in [-0.15, -0.1) is 0 Å². The normalized spacial score (nSPS) is 19.1. The van der Waals surface area contributed by atoms with Crippen molar-refractivity contribution in [2.45, 2.75) is 18.9 Å². The lowest BCUT2D eigenvalue weighted by Gasteiger charge is -2.39. The van der Waals surface area contributed by atoms with Gasteiger partial charge in [0.25, 0.3) is 0 Å². The molecule has 1 heterocycles. The zero-order valence-electron chi connectivity index (χ0n) is 15.6. The van der Waals surface area contributed by atoms with E-state index in [9.17, 15) is 4.79 Å². The summed E-state index contributed by atoms with van der Waals surface area (Å²) in [6.45, 7) is 8.59. The van der Waals surface area contributed by atoms with Crippen LogP contribution in [0.25, 0.3) is 0 Å². The number of rotatable bonds is 6. The molecule has 2 aromatic carbocycles. The monoisotopic (exact) mass is 362 g/mol. The summed E-state index contributed by atoms with van der Waals surface area (Å²) >= 11 is 0. The molecule has 1 aliphatic heterocycles. The van der Waals surface area contributed by atoms with Gasteiger partial charge in [-0.2, -0.15) is 0 Å². The van der Waals surface area contributed by atoms with E-state index in [1.165, 1.54) is 16.7 Å². The van der Waals surface area contributed by atoms with Crippen molar-refractivity contribution in [1.29, 1.82) is 0 Å². The Bertz CT molecular complexity index is 807. The highest BCUT2D eigenvalue weighted by Gasteiger charge is 2.35. The first kappa shape index (κ1) is 17.8. The minimum atomic E-state index is 0.0795. The van der Waals surface area contributed by atoms with Crippen LogP contribution >= 0.6 is 0 Å². The maximum Gasteiger partial charge on any atom is 0.230 e. The Morgan fingerprint density at radius 2 is 1.81 bits per heavy atom. The van der Waals surface area contributed by atoms with Crippen molar-refractivity contribution in [3.63, 3.8) is 0 Å². The van der Waals surface area contributed by atoms with Crippen LogP contribution in [0, 0.1) is 0 Å². The number of amides is 1. The van der Waals surface area contributed by atoms with Crippen molar-refractivity contribution in [3.8, 4) is 5.75 Å². The molecule has 0 aromatic heterocycles. The molecule has 27 heavy (non-hydrogen) atoms. The maximum atomic E-state index is 12.8. The summed E-state index contributed by atoms with van der Waals surface area (Å²) in [5, 5.41) is 0. The Labute approximate surface area is 161 Å². The first-order valence-corrected chi connectivity index (χ1v) is 9.66. The molecule has 140 valence electrons. The van der Waals surface area contributed by atoms with Gasteiger partial charge in [0.15, 0.2) is 0 Å². The van der Waals surface area contributed by atoms with Crippen molar-refractivity contribution in [2.75, 3.05) is 32.8 Å². The number of piperazine rings is 1. The average molecular weight is 362 g/mol. The van der Waals surface area contributed by atoms with Gasteiger partial charge < -0.3 is 9.64 Å². The molecule has 1 unspecified atom stereocenters. The molecule has 4 rings (SSSR count). The third kappa shape index (κ3) is 3.91. The van der Waals surface area contributed by atoms with Gasteiger partial charge in [0.2, 0.25) is 5.91 Å². The molecule has 0 spiro atoms. The van der Waals surface area contributed by atoms with Crippen LogP contribution in [0.15, 0.2) is 61.2 Å². The summed E-state index contributed by atoms with van der Waals surface area (Å²) < 4.78 is 5.53. The van der Waals surface area contributed by atoms with E-state index in [2.05, 4.69) is 41.8 Å². The van der Waals surface area contributed by atoms with Gasteiger partial charge in [0.05, 0.1) is 5.92 Å². The number of fused-ring (bicyclic) bond motifs is 1. The van der Waals surface area contributed by atoms with E-state index in [1.54, 1.807) is 6.08 Å². The van der Waals surface area contributed by atoms with Gasteiger partial charge in [0.1, 0.15) is 12.4 Å². The fourth-order valence-corrected chi connectivity index (χ4v) is 3.93. The summed E-state index contributed by atoms with van der Waals surface area (Å²) in [7, 11) is 0. The highest BCUT2D eigenvalue weighted by atomic mass is 16.5. The fraction of sp³-hybridized carbons (Fsp3) is 0.348. The fourth-order valence-electron chi connectivity index (χ4n) is 3.93. The van der Waals surface area contributed by atoms with Crippen LogP contribution in [-0.2, 0) is 17.8 Å². The third-order valence-electron chi connectivity index (χ3n) is 5.53. The Morgan fingerprint density at radius 3 is 2.52 bits per heavy atom. The van der Waals surface area contributed by atoms with E-state index in [0.29, 0.717) is 12.5 Å². The second kappa shape index (κ2) is 7.97. The van der Waals surface area contributed by atoms with Crippen LogP contribution in [0.2, 0.25) is 0 Å². The molecule has 4 nitrogen and oxygen atoms in total. The first-order chi connectivity index (χ1) is 13.2. The summed E-state index contributed by atoms with van der Waals surface area (Å²) in [5.74, 6) is 1.25. The topological polar surface area (TPSA) is 32.8 Å². The largest absolute Gasteiger partial charge is 0.490 e. The second-order valence-corrected chi connectivity index (χ2v) is 7.30. The number of benzene rings is 2. The maximum absolute atomic E-state index is 12.8. The number of carbonyl (C=O) groups excluding carboxylic acids is 1. The SMILES string of the molecule is C=CCOc1ccc(CN2CCN(C(=O)C3Cc4ccccc43)CC2)cc1. The standard InChI is InChI=1S/C23H26N2O2/c1-2-15-27-20-9-7-18(8-10-20)17-24-11-13-25(14-12-24)23(26)22-16-19-5-3-4-6-21(19)22/h2-10,22H,1,11-17H2. The lowest BCUT2D eigenvalue weighted by Crippen LogP contribution is -2.50. The van der Waals surface area contributed by atoms with Crippen LogP contribution in [0.1, 0.15) is 22.6 Å². The Balaban J connectivity index is 1.27. The molecule has 1 fully saturated rings. The third-order valence-corrected chi connectivity index (χ3v) is 5.53. The van der Waals surface area contributed by atoms with Crippen molar-refractivity contribution < 1.29 is 9.53 Å². The smallest absolute Gasteiger partial charge is 0.230 e. The molecule has 2 aromatic rings. The first-order valence-electron chi connectivity index (χ1n) is 9.66. The lowest BCUT2D eigenvalue weighted by atomic mass is 9.77. The lowest BCUT2D eigenvalue weighted by molar-refractivity contribution is -0.135. The summed E-state index contributed by atoms with van der Waals surface area (Å²) in [5.41, 5.74) is 3.83. The van der Waals surface area contributed by atoms with E-state index in [0.717, 1.165) is 44.9 Å². The number of hydrogen-bond acceptors (Lipinski definition) is 3. The highest BCUT2D eigenvalue weighted by Crippen LogP contribution is 2.36. The molecule has 1 amide bonds. The van der Waals surface area contributed by atoms with Crippen LogP contribution < -0.4 is 4.74 Å². The molecule has 4 heteroatoms. The van der Waals surface area contributed by atoms with Gasteiger partial charge in [-0.25, -0.2) is 0 Å². The number of nitrogens with zero attached hydrogens (tertiary/aromatic N) is 2. The van der Waals surface area contributed by atoms with Crippen LogP contribution in [0.5, 0.6) is 5.75 Å². The van der Waals surface area contributed by atoms with Gasteiger partial charge in [0, 0.05) is 32.7 Å². The summed E-state index contributed by atoms with van der Waals surface area (Å²) in [6.07, 6.45) is 2.65. The van der Waals surface area contributed by atoms with Gasteiger partial charge in [-0.3, -0.25) is 9.69 Å². The van der Waals surface area contributed by atoms with Crippen molar-refractivity contribution in [1.82, 2.24) is 9.80 Å². The minimum Gasteiger partial charge on any atom is -0.490 e. The molecular formula is C23H26N2O2. The molecule has 0 radical (unpaired) electrons. The molecular weight excluding hydrogens is 336 g/mol. The zero-order chi connectivity index (χ0) is 18.6. The Morgan fingerprint density at radius 1 is 1.07 bits per heavy atom. The predicted molar refractivity (Wildman–Crippen MR) is 107 cm³/mol. The molecule has 0 N–H and O–H groups in total. The summed E-state index contributed by atoms with van der Waals surface area (Å²) in [4.78, 5) is 17.3. The van der Waals surface area contributed by atoms with Crippen LogP contribution in [-0.4, -0.2) is 48.5 Å². The molecule has 2 aliphatic rings. The summed E-state index contributed by atoms with van der Waals surface area (Å²) in [6, 6.07) is 16.5. The Hall–Kier alpha value is -2.59. The molecule has 0 saturated carbocycles. The van der Waals surface area contributed by atoms with Crippen molar-refractivity contribution in [2.24, 2.45) is 0 Å².